The van der Waals surface area contributed by atoms with Crippen LogP contribution in [0.1, 0.15) is 39.5 Å². The molecule has 19 heavy (non-hydrogen) atoms. The second-order valence-electron chi connectivity index (χ2n) is 7.14. The van der Waals surface area contributed by atoms with Crippen LogP contribution >= 0.6 is 11.6 Å². The van der Waals surface area contributed by atoms with E-state index in [1.165, 1.54) is 25.7 Å². The van der Waals surface area contributed by atoms with E-state index in [-0.39, 0.29) is 5.62 Å². The highest BCUT2D eigenvalue weighted by Gasteiger charge is 2.42. The molecule has 2 aliphatic heterocycles. The van der Waals surface area contributed by atoms with Crippen LogP contribution in [-0.4, -0.2) is 48.4 Å². The number of hydrogen-bond donors (Lipinski definition) is 3. The van der Waals surface area contributed by atoms with E-state index in [1.54, 1.807) is 0 Å². The second-order valence-corrected chi connectivity index (χ2v) is 7.58. The van der Waals surface area contributed by atoms with Crippen LogP contribution in [0.3, 0.4) is 0 Å². The summed E-state index contributed by atoms with van der Waals surface area (Å²) in [5.41, 5.74) is 0.219. The summed E-state index contributed by atoms with van der Waals surface area (Å²) in [4.78, 5) is 2.70. The number of alkyl halides is 1. The Hall–Kier alpha value is 0.130. The number of nitrogens with zero attached hydrogens (tertiary/aromatic N) is 1. The maximum absolute atomic E-state index is 6.26. The number of hydrogen-bond acceptors (Lipinski definition) is 4. The van der Waals surface area contributed by atoms with Crippen LogP contribution in [0.15, 0.2) is 0 Å². The molecule has 0 bridgehead atoms. The van der Waals surface area contributed by atoms with E-state index in [4.69, 9.17) is 11.6 Å². The Balaban J connectivity index is 1.81. The van der Waals surface area contributed by atoms with E-state index in [0.717, 1.165) is 25.7 Å². The zero-order chi connectivity index (χ0) is 13.5. The minimum Gasteiger partial charge on any atom is -0.310 e. The van der Waals surface area contributed by atoms with Gasteiger partial charge in [-0.3, -0.25) is 15.5 Å². The van der Waals surface area contributed by atoms with Crippen LogP contribution in [-0.2, 0) is 0 Å². The molecule has 2 saturated heterocycles. The minimum atomic E-state index is -0.104. The molecule has 3 rings (SSSR count). The summed E-state index contributed by atoms with van der Waals surface area (Å²) >= 11 is 6.26. The highest BCUT2D eigenvalue weighted by Crippen LogP contribution is 2.31. The maximum atomic E-state index is 6.26. The standard InChI is InChI=1S/C14H27ClN4/c1-14(2)8-17-11-7-16-13(15)18-12(11)19(9-14)10-5-3-4-6-10/h10-13,16-18H,3-9H2,1-2H3. The molecule has 110 valence electrons. The van der Waals surface area contributed by atoms with Crippen LogP contribution in [0.2, 0.25) is 0 Å². The summed E-state index contributed by atoms with van der Waals surface area (Å²) < 4.78 is 0. The topological polar surface area (TPSA) is 39.3 Å². The van der Waals surface area contributed by atoms with E-state index >= 15 is 0 Å². The van der Waals surface area contributed by atoms with Gasteiger partial charge in [0.05, 0.1) is 6.17 Å². The summed E-state index contributed by atoms with van der Waals surface area (Å²) in [6.07, 6.45) is 5.83. The van der Waals surface area contributed by atoms with Crippen molar-refractivity contribution in [2.24, 2.45) is 5.41 Å². The van der Waals surface area contributed by atoms with Crippen molar-refractivity contribution in [1.29, 1.82) is 0 Å². The van der Waals surface area contributed by atoms with Crippen molar-refractivity contribution in [3.63, 3.8) is 0 Å². The van der Waals surface area contributed by atoms with Gasteiger partial charge in [-0.1, -0.05) is 38.3 Å². The lowest BCUT2D eigenvalue weighted by Gasteiger charge is -2.44. The Kier molecular flexibility index (Phi) is 4.07. The first kappa shape index (κ1) is 14.1. The lowest BCUT2D eigenvalue weighted by atomic mass is 9.92. The lowest BCUT2D eigenvalue weighted by molar-refractivity contribution is 0.0555. The molecule has 0 amide bonds. The molecule has 0 radical (unpaired) electrons. The van der Waals surface area contributed by atoms with Crippen molar-refractivity contribution in [2.75, 3.05) is 19.6 Å². The van der Waals surface area contributed by atoms with Gasteiger partial charge in [0.25, 0.3) is 0 Å². The van der Waals surface area contributed by atoms with Gasteiger partial charge in [-0.15, -0.1) is 0 Å². The fraction of sp³-hybridized carbons (Fsp3) is 1.00. The lowest BCUT2D eigenvalue weighted by Crippen LogP contribution is -2.68. The third kappa shape index (κ3) is 3.08. The third-order valence-corrected chi connectivity index (χ3v) is 5.10. The molecule has 0 spiro atoms. The highest BCUT2D eigenvalue weighted by atomic mass is 35.5. The van der Waals surface area contributed by atoms with Crippen LogP contribution in [0.5, 0.6) is 0 Å². The maximum Gasteiger partial charge on any atom is 0.136 e. The average Bonchev–Trinajstić information content (AvgIpc) is 2.84. The van der Waals surface area contributed by atoms with E-state index in [2.05, 4.69) is 34.7 Å². The van der Waals surface area contributed by atoms with Gasteiger partial charge >= 0.3 is 0 Å². The normalized spacial score (nSPS) is 40.9. The molecule has 0 aromatic rings. The van der Waals surface area contributed by atoms with E-state index < -0.39 is 0 Å². The SMILES string of the molecule is CC1(C)CNC2CNC(Cl)NC2N(C2CCCC2)C1. The molecular weight excluding hydrogens is 260 g/mol. The predicted octanol–water partition coefficient (Wildman–Crippen LogP) is 1.27. The summed E-state index contributed by atoms with van der Waals surface area (Å²) in [5, 5.41) is 10.6. The van der Waals surface area contributed by atoms with Crippen LogP contribution in [0.4, 0.5) is 0 Å². The highest BCUT2D eigenvalue weighted by molar-refractivity contribution is 6.20. The molecule has 3 atom stereocenters. The van der Waals surface area contributed by atoms with Crippen molar-refractivity contribution in [3.05, 3.63) is 0 Å². The van der Waals surface area contributed by atoms with Crippen molar-refractivity contribution in [2.45, 2.75) is 63.4 Å². The number of nitrogens with one attached hydrogen (secondary N) is 3. The third-order valence-electron chi connectivity index (χ3n) is 4.82. The predicted molar refractivity (Wildman–Crippen MR) is 79.1 cm³/mol. The molecule has 3 unspecified atom stereocenters. The van der Waals surface area contributed by atoms with Gasteiger partial charge in [0.2, 0.25) is 0 Å². The van der Waals surface area contributed by atoms with Crippen molar-refractivity contribution in [1.82, 2.24) is 20.9 Å². The molecule has 3 fully saturated rings. The monoisotopic (exact) mass is 286 g/mol. The molecule has 0 aromatic carbocycles. The fourth-order valence-electron chi connectivity index (χ4n) is 3.83. The van der Waals surface area contributed by atoms with Crippen LogP contribution < -0.4 is 16.0 Å². The number of rotatable bonds is 1. The molecule has 4 nitrogen and oxygen atoms in total. The van der Waals surface area contributed by atoms with Gasteiger partial charge in [0.15, 0.2) is 0 Å². The summed E-state index contributed by atoms with van der Waals surface area (Å²) in [7, 11) is 0. The van der Waals surface area contributed by atoms with E-state index in [9.17, 15) is 0 Å². The van der Waals surface area contributed by atoms with Gasteiger partial charge in [-0.2, -0.15) is 0 Å². The summed E-state index contributed by atoms with van der Waals surface area (Å²) in [5.74, 6) is 0. The smallest absolute Gasteiger partial charge is 0.136 e. The first-order valence-electron chi connectivity index (χ1n) is 7.68. The van der Waals surface area contributed by atoms with Gasteiger partial charge < -0.3 is 5.32 Å². The average molecular weight is 287 g/mol. The fourth-order valence-corrected chi connectivity index (χ4v) is 4.04. The molecule has 1 aliphatic carbocycles. The molecule has 3 aliphatic rings. The van der Waals surface area contributed by atoms with Crippen molar-refractivity contribution in [3.8, 4) is 0 Å². The summed E-state index contributed by atoms with van der Waals surface area (Å²) in [6.45, 7) is 7.91. The van der Waals surface area contributed by atoms with E-state index in [1.807, 2.05) is 0 Å². The molecule has 1 saturated carbocycles. The number of halogens is 1. The minimum absolute atomic E-state index is 0.104. The van der Waals surface area contributed by atoms with E-state index in [0.29, 0.717) is 17.6 Å². The zero-order valence-electron chi connectivity index (χ0n) is 12.1. The van der Waals surface area contributed by atoms with Crippen LogP contribution in [0, 0.1) is 5.41 Å². The van der Waals surface area contributed by atoms with Gasteiger partial charge in [0, 0.05) is 31.7 Å². The largest absolute Gasteiger partial charge is 0.310 e. The van der Waals surface area contributed by atoms with Gasteiger partial charge in [0.1, 0.15) is 5.62 Å². The van der Waals surface area contributed by atoms with Gasteiger partial charge in [-0.05, 0) is 18.3 Å². The Morgan fingerprint density at radius 2 is 1.89 bits per heavy atom. The second kappa shape index (κ2) is 5.49. The Bertz CT molecular complexity index is 317. The molecule has 3 N–H and O–H groups in total. The zero-order valence-corrected chi connectivity index (χ0v) is 12.8. The summed E-state index contributed by atoms with van der Waals surface area (Å²) in [6, 6.07) is 1.19. The quantitative estimate of drug-likeness (QED) is 0.501. The van der Waals surface area contributed by atoms with Gasteiger partial charge in [-0.25, -0.2) is 0 Å². The Labute approximate surface area is 121 Å². The van der Waals surface area contributed by atoms with Crippen molar-refractivity contribution < 1.29 is 0 Å². The Morgan fingerprint density at radius 1 is 1.16 bits per heavy atom. The molecule has 2 heterocycles. The molecule has 5 heteroatoms. The Morgan fingerprint density at radius 3 is 2.63 bits per heavy atom. The van der Waals surface area contributed by atoms with Crippen molar-refractivity contribution >= 4 is 11.6 Å². The van der Waals surface area contributed by atoms with Crippen LogP contribution in [0.25, 0.3) is 0 Å². The first-order valence-corrected chi connectivity index (χ1v) is 8.11. The first-order chi connectivity index (χ1) is 9.05. The molecule has 0 aromatic heterocycles. The molecular formula is C14H27ClN4. The number of fused-ring (bicyclic) bond motifs is 1.